The molecule has 0 saturated heterocycles. The third-order valence-corrected chi connectivity index (χ3v) is 3.55. The van der Waals surface area contributed by atoms with Crippen LogP contribution in [0.15, 0.2) is 22.7 Å². The molecule has 5 nitrogen and oxygen atoms in total. The number of rotatable bonds is 4. The highest BCUT2D eigenvalue weighted by Gasteiger charge is 2.11. The fourth-order valence-corrected chi connectivity index (χ4v) is 2.25. The number of aromatic nitrogens is 2. The predicted molar refractivity (Wildman–Crippen MR) is 87.3 cm³/mol. The van der Waals surface area contributed by atoms with Crippen molar-refractivity contribution < 1.29 is 0 Å². The molecular formula is C15H16BrN5. The molecule has 0 bridgehead atoms. The van der Waals surface area contributed by atoms with E-state index >= 15 is 0 Å². The molecule has 0 amide bonds. The van der Waals surface area contributed by atoms with Crippen LogP contribution < -0.4 is 11.1 Å². The lowest BCUT2D eigenvalue weighted by atomic mass is 10.2. The summed E-state index contributed by atoms with van der Waals surface area (Å²) in [4.78, 5) is 8.77. The maximum atomic E-state index is 9.22. The molecule has 0 aliphatic carbocycles. The second kappa shape index (κ2) is 6.55. The van der Waals surface area contributed by atoms with E-state index in [0.29, 0.717) is 28.7 Å². The number of hydrogen-bond acceptors (Lipinski definition) is 5. The average molecular weight is 346 g/mol. The van der Waals surface area contributed by atoms with E-state index in [9.17, 15) is 5.26 Å². The van der Waals surface area contributed by atoms with Gasteiger partial charge in [-0.25, -0.2) is 9.97 Å². The Balaban J connectivity index is 2.42. The molecular weight excluding hydrogens is 330 g/mol. The molecule has 0 aliphatic rings. The Kier molecular flexibility index (Phi) is 4.76. The summed E-state index contributed by atoms with van der Waals surface area (Å²) in [6, 6.07) is 7.63. The van der Waals surface area contributed by atoms with Crippen LogP contribution in [0, 0.1) is 18.3 Å². The third-order valence-electron chi connectivity index (χ3n) is 3.06. The van der Waals surface area contributed by atoms with E-state index in [2.05, 4.69) is 44.2 Å². The van der Waals surface area contributed by atoms with Crippen LogP contribution in [0.25, 0.3) is 0 Å². The number of nitrogens with zero attached hydrogens (tertiary/aromatic N) is 3. The maximum absolute atomic E-state index is 9.22. The third kappa shape index (κ3) is 3.50. The number of anilines is 3. The van der Waals surface area contributed by atoms with Gasteiger partial charge in [-0.05, 0) is 31.5 Å². The van der Waals surface area contributed by atoms with Crippen LogP contribution in [0.4, 0.5) is 17.3 Å². The molecule has 1 aromatic heterocycles. The quantitative estimate of drug-likeness (QED) is 0.881. The first-order valence-corrected chi connectivity index (χ1v) is 7.44. The molecule has 1 aromatic carbocycles. The van der Waals surface area contributed by atoms with Gasteiger partial charge in [-0.1, -0.05) is 22.9 Å². The molecule has 0 radical (unpaired) electrons. The Morgan fingerprint density at radius 3 is 2.81 bits per heavy atom. The molecule has 0 saturated carbocycles. The first kappa shape index (κ1) is 15.3. The minimum Gasteiger partial charge on any atom is -0.383 e. The lowest BCUT2D eigenvalue weighted by Crippen LogP contribution is -2.07. The number of nitrogen functional groups attached to an aromatic ring is 1. The van der Waals surface area contributed by atoms with Gasteiger partial charge >= 0.3 is 0 Å². The van der Waals surface area contributed by atoms with E-state index in [4.69, 9.17) is 5.73 Å². The first-order valence-electron chi connectivity index (χ1n) is 6.64. The molecule has 0 atom stereocenters. The number of halogens is 1. The van der Waals surface area contributed by atoms with Gasteiger partial charge in [0.2, 0.25) is 0 Å². The fourth-order valence-electron chi connectivity index (χ4n) is 1.88. The van der Waals surface area contributed by atoms with Gasteiger partial charge in [0.05, 0.1) is 11.3 Å². The van der Waals surface area contributed by atoms with Crippen LogP contribution in [0.2, 0.25) is 0 Å². The number of benzene rings is 1. The molecule has 2 aromatic rings. The van der Waals surface area contributed by atoms with Gasteiger partial charge in [0, 0.05) is 16.5 Å². The van der Waals surface area contributed by atoms with Crippen molar-refractivity contribution in [3.8, 4) is 6.07 Å². The smallest absolute Gasteiger partial charge is 0.139 e. The van der Waals surface area contributed by atoms with E-state index in [1.54, 1.807) is 6.07 Å². The standard InChI is InChI=1S/C15H16BrN5/c1-3-4-13-20-14(18)9(2)15(21-13)19-12-6-5-11(16)7-10(12)8-17/h5-7H,3-4H2,1-2H3,(H3,18,19,20,21). The van der Waals surface area contributed by atoms with Crippen molar-refractivity contribution in [3.63, 3.8) is 0 Å². The predicted octanol–water partition coefficient (Wildman–Crippen LogP) is 3.70. The minimum atomic E-state index is 0.464. The van der Waals surface area contributed by atoms with Crippen molar-refractivity contribution in [2.75, 3.05) is 11.1 Å². The first-order chi connectivity index (χ1) is 10.0. The lowest BCUT2D eigenvalue weighted by Gasteiger charge is -2.13. The van der Waals surface area contributed by atoms with Gasteiger partial charge in [-0.2, -0.15) is 5.26 Å². The normalized spacial score (nSPS) is 10.2. The van der Waals surface area contributed by atoms with Crippen molar-refractivity contribution in [1.29, 1.82) is 5.26 Å². The lowest BCUT2D eigenvalue weighted by molar-refractivity contribution is 0.836. The highest BCUT2D eigenvalue weighted by molar-refractivity contribution is 9.10. The van der Waals surface area contributed by atoms with Crippen LogP contribution in [-0.2, 0) is 6.42 Å². The number of nitrogens with two attached hydrogens (primary N) is 1. The Morgan fingerprint density at radius 2 is 2.14 bits per heavy atom. The van der Waals surface area contributed by atoms with Gasteiger partial charge in [-0.3, -0.25) is 0 Å². The summed E-state index contributed by atoms with van der Waals surface area (Å²) in [7, 11) is 0. The number of nitrogens with one attached hydrogen (secondary N) is 1. The monoisotopic (exact) mass is 345 g/mol. The van der Waals surface area contributed by atoms with E-state index < -0.39 is 0 Å². The molecule has 108 valence electrons. The number of hydrogen-bond donors (Lipinski definition) is 2. The zero-order valence-electron chi connectivity index (χ0n) is 11.9. The zero-order chi connectivity index (χ0) is 15.4. The summed E-state index contributed by atoms with van der Waals surface area (Å²) in [6.45, 7) is 3.92. The van der Waals surface area contributed by atoms with Gasteiger partial charge in [0.15, 0.2) is 0 Å². The van der Waals surface area contributed by atoms with Crippen molar-refractivity contribution in [3.05, 3.63) is 39.6 Å². The molecule has 2 rings (SSSR count). The van der Waals surface area contributed by atoms with Crippen LogP contribution in [-0.4, -0.2) is 9.97 Å². The molecule has 0 fully saturated rings. The fraction of sp³-hybridized carbons (Fsp3) is 0.267. The van der Waals surface area contributed by atoms with Crippen molar-refractivity contribution in [2.45, 2.75) is 26.7 Å². The molecule has 6 heteroatoms. The maximum Gasteiger partial charge on any atom is 0.139 e. The molecule has 0 aliphatic heterocycles. The number of nitriles is 1. The Hall–Kier alpha value is -2.13. The topological polar surface area (TPSA) is 87.6 Å². The van der Waals surface area contributed by atoms with Crippen molar-refractivity contribution in [2.24, 2.45) is 0 Å². The second-order valence-corrected chi connectivity index (χ2v) is 5.59. The summed E-state index contributed by atoms with van der Waals surface area (Å²) in [6.07, 6.45) is 1.72. The summed E-state index contributed by atoms with van der Waals surface area (Å²) in [5.41, 5.74) is 7.95. The van der Waals surface area contributed by atoms with Crippen molar-refractivity contribution >= 4 is 33.3 Å². The van der Waals surface area contributed by atoms with Crippen LogP contribution in [0.1, 0.15) is 30.3 Å². The second-order valence-electron chi connectivity index (χ2n) is 4.68. The minimum absolute atomic E-state index is 0.464. The Bertz CT molecular complexity index is 706. The SMILES string of the molecule is CCCc1nc(N)c(C)c(Nc2ccc(Br)cc2C#N)n1. The Morgan fingerprint density at radius 1 is 1.38 bits per heavy atom. The van der Waals surface area contributed by atoms with Gasteiger partial charge in [0.1, 0.15) is 23.5 Å². The molecule has 0 spiro atoms. The average Bonchev–Trinajstić information content (AvgIpc) is 2.46. The van der Waals surface area contributed by atoms with E-state index in [0.717, 1.165) is 22.9 Å². The molecule has 3 N–H and O–H groups in total. The number of aryl methyl sites for hydroxylation is 1. The van der Waals surface area contributed by atoms with Crippen LogP contribution >= 0.6 is 15.9 Å². The Labute approximate surface area is 132 Å². The summed E-state index contributed by atoms with van der Waals surface area (Å²) >= 11 is 3.36. The zero-order valence-corrected chi connectivity index (χ0v) is 13.5. The molecule has 1 heterocycles. The molecule has 0 unspecified atom stereocenters. The molecule has 21 heavy (non-hydrogen) atoms. The van der Waals surface area contributed by atoms with Gasteiger partial charge < -0.3 is 11.1 Å². The van der Waals surface area contributed by atoms with E-state index in [1.807, 2.05) is 19.1 Å². The van der Waals surface area contributed by atoms with Crippen molar-refractivity contribution in [1.82, 2.24) is 9.97 Å². The van der Waals surface area contributed by atoms with E-state index in [-0.39, 0.29) is 0 Å². The van der Waals surface area contributed by atoms with E-state index in [1.165, 1.54) is 0 Å². The van der Waals surface area contributed by atoms with Gasteiger partial charge in [0.25, 0.3) is 0 Å². The summed E-state index contributed by atoms with van der Waals surface area (Å²) in [5, 5.41) is 12.4. The van der Waals surface area contributed by atoms with Crippen LogP contribution in [0.3, 0.4) is 0 Å². The summed E-state index contributed by atoms with van der Waals surface area (Å²) in [5.74, 6) is 1.81. The van der Waals surface area contributed by atoms with Crippen LogP contribution in [0.5, 0.6) is 0 Å². The van der Waals surface area contributed by atoms with Gasteiger partial charge in [-0.15, -0.1) is 0 Å². The highest BCUT2D eigenvalue weighted by Crippen LogP contribution is 2.26. The largest absolute Gasteiger partial charge is 0.383 e. The summed E-state index contributed by atoms with van der Waals surface area (Å²) < 4.78 is 0.857. The highest BCUT2D eigenvalue weighted by atomic mass is 79.9.